The number of carbonyl (C=O) groups excluding carboxylic acids is 3. The highest BCUT2D eigenvalue weighted by Crippen LogP contribution is 1.96. The standard InChI is InChI=1S/C8H13NO5/c1-5(10)4-6(7(11)13-2)9-8(12)14-3/h6H,4H2,1-3H3,(H,9,12). The lowest BCUT2D eigenvalue weighted by Gasteiger charge is -2.13. The topological polar surface area (TPSA) is 81.7 Å². The van der Waals surface area contributed by atoms with Crippen molar-refractivity contribution < 1.29 is 23.9 Å². The van der Waals surface area contributed by atoms with Gasteiger partial charge in [0.15, 0.2) is 0 Å². The van der Waals surface area contributed by atoms with Crippen LogP contribution in [0.3, 0.4) is 0 Å². The monoisotopic (exact) mass is 203 g/mol. The lowest BCUT2D eigenvalue weighted by atomic mass is 10.1. The summed E-state index contributed by atoms with van der Waals surface area (Å²) in [6, 6.07) is -0.982. The Morgan fingerprint density at radius 3 is 2.14 bits per heavy atom. The molecule has 0 rings (SSSR count). The summed E-state index contributed by atoms with van der Waals surface area (Å²) in [5.41, 5.74) is 0. The second-order valence-electron chi connectivity index (χ2n) is 2.62. The Balaban J connectivity index is 4.31. The first-order chi connectivity index (χ1) is 6.51. The molecule has 0 radical (unpaired) electrons. The van der Waals surface area contributed by atoms with Crippen molar-refractivity contribution in [3.63, 3.8) is 0 Å². The van der Waals surface area contributed by atoms with Crippen LogP contribution in [-0.4, -0.2) is 38.1 Å². The second-order valence-corrected chi connectivity index (χ2v) is 2.62. The largest absolute Gasteiger partial charge is 0.467 e. The Morgan fingerprint density at radius 2 is 1.79 bits per heavy atom. The quantitative estimate of drug-likeness (QED) is 0.643. The molecule has 0 bridgehead atoms. The zero-order valence-corrected chi connectivity index (χ0v) is 8.33. The predicted octanol–water partition coefficient (Wildman–Crippen LogP) is -0.137. The number of rotatable bonds is 4. The van der Waals surface area contributed by atoms with Crippen LogP contribution in [0.25, 0.3) is 0 Å². The summed E-state index contributed by atoms with van der Waals surface area (Å²) < 4.78 is 8.68. The average Bonchev–Trinajstić information content (AvgIpc) is 2.14. The van der Waals surface area contributed by atoms with Crippen LogP contribution in [0, 0.1) is 0 Å². The van der Waals surface area contributed by atoms with Crippen LogP contribution in [-0.2, 0) is 19.1 Å². The van der Waals surface area contributed by atoms with Crippen LogP contribution in [0.5, 0.6) is 0 Å². The van der Waals surface area contributed by atoms with Gasteiger partial charge in [0.05, 0.1) is 14.2 Å². The predicted molar refractivity (Wildman–Crippen MR) is 46.6 cm³/mol. The van der Waals surface area contributed by atoms with Crippen molar-refractivity contribution in [3.8, 4) is 0 Å². The molecule has 14 heavy (non-hydrogen) atoms. The minimum atomic E-state index is -0.982. The molecule has 0 aliphatic heterocycles. The van der Waals surface area contributed by atoms with Gasteiger partial charge in [0, 0.05) is 6.42 Å². The van der Waals surface area contributed by atoms with Gasteiger partial charge in [-0.25, -0.2) is 9.59 Å². The second kappa shape index (κ2) is 5.95. The maximum atomic E-state index is 11.1. The van der Waals surface area contributed by atoms with Crippen molar-refractivity contribution in [3.05, 3.63) is 0 Å². The van der Waals surface area contributed by atoms with E-state index in [-0.39, 0.29) is 12.2 Å². The number of ketones is 1. The Labute approximate surface area is 81.6 Å². The molecule has 0 saturated heterocycles. The van der Waals surface area contributed by atoms with Gasteiger partial charge < -0.3 is 14.8 Å². The molecule has 6 nitrogen and oxygen atoms in total. The summed E-state index contributed by atoms with van der Waals surface area (Å²) in [5, 5.41) is 2.19. The number of Topliss-reactive ketones (excluding diaryl/α,β-unsaturated/α-hetero) is 1. The van der Waals surface area contributed by atoms with Crippen molar-refractivity contribution in [2.24, 2.45) is 0 Å². The highest BCUT2D eigenvalue weighted by Gasteiger charge is 2.23. The number of nitrogens with one attached hydrogen (secondary N) is 1. The van der Waals surface area contributed by atoms with Gasteiger partial charge in [0.2, 0.25) is 0 Å². The zero-order valence-electron chi connectivity index (χ0n) is 8.33. The molecule has 1 amide bonds. The van der Waals surface area contributed by atoms with Crippen molar-refractivity contribution in [1.29, 1.82) is 0 Å². The molecule has 0 aromatic carbocycles. The van der Waals surface area contributed by atoms with Gasteiger partial charge in [0.1, 0.15) is 11.8 Å². The summed E-state index contributed by atoms with van der Waals surface area (Å²) in [6.45, 7) is 1.31. The number of amides is 1. The summed E-state index contributed by atoms with van der Waals surface area (Å²) >= 11 is 0. The minimum absolute atomic E-state index is 0.109. The van der Waals surface area contributed by atoms with Crippen molar-refractivity contribution in [2.75, 3.05) is 14.2 Å². The van der Waals surface area contributed by atoms with Gasteiger partial charge in [-0.1, -0.05) is 0 Å². The van der Waals surface area contributed by atoms with E-state index in [0.717, 1.165) is 7.11 Å². The Kier molecular flexibility index (Phi) is 5.28. The van der Waals surface area contributed by atoms with E-state index in [9.17, 15) is 14.4 Å². The van der Waals surface area contributed by atoms with Gasteiger partial charge >= 0.3 is 12.1 Å². The zero-order chi connectivity index (χ0) is 11.1. The maximum Gasteiger partial charge on any atom is 0.407 e. The number of methoxy groups -OCH3 is 2. The van der Waals surface area contributed by atoms with Gasteiger partial charge in [-0.15, -0.1) is 0 Å². The van der Waals surface area contributed by atoms with Crippen LogP contribution in [0.2, 0.25) is 0 Å². The van der Waals surface area contributed by atoms with E-state index in [1.54, 1.807) is 0 Å². The number of hydrogen-bond acceptors (Lipinski definition) is 5. The summed E-state index contributed by atoms with van der Waals surface area (Å²) in [6.07, 6.45) is -0.886. The molecule has 1 N–H and O–H groups in total. The van der Waals surface area contributed by atoms with E-state index in [1.165, 1.54) is 14.0 Å². The number of esters is 1. The SMILES string of the molecule is COC(=O)NC(CC(C)=O)C(=O)OC. The van der Waals surface area contributed by atoms with E-state index in [1.807, 2.05) is 0 Å². The maximum absolute atomic E-state index is 11.1. The summed E-state index contributed by atoms with van der Waals surface area (Å²) in [7, 11) is 2.34. The average molecular weight is 203 g/mol. The molecular formula is C8H13NO5. The third-order valence-corrected chi connectivity index (χ3v) is 1.45. The molecule has 1 unspecified atom stereocenters. The summed E-state index contributed by atoms with van der Waals surface area (Å²) in [5.74, 6) is -0.901. The molecule has 0 aliphatic rings. The normalized spacial score (nSPS) is 11.4. The Hall–Kier alpha value is -1.59. The Bertz CT molecular complexity index is 238. The fourth-order valence-corrected chi connectivity index (χ4v) is 0.824. The molecule has 0 spiro atoms. The van der Waals surface area contributed by atoms with Gasteiger partial charge in [-0.2, -0.15) is 0 Å². The molecule has 80 valence electrons. The van der Waals surface area contributed by atoms with Gasteiger partial charge in [-0.05, 0) is 6.92 Å². The first-order valence-corrected chi connectivity index (χ1v) is 3.93. The van der Waals surface area contributed by atoms with Crippen LogP contribution in [0.1, 0.15) is 13.3 Å². The van der Waals surface area contributed by atoms with Gasteiger partial charge in [0.25, 0.3) is 0 Å². The van der Waals surface area contributed by atoms with Crippen LogP contribution < -0.4 is 5.32 Å². The van der Waals surface area contributed by atoms with Crippen molar-refractivity contribution >= 4 is 17.8 Å². The molecule has 1 atom stereocenters. The fourth-order valence-electron chi connectivity index (χ4n) is 0.824. The van der Waals surface area contributed by atoms with E-state index in [4.69, 9.17) is 0 Å². The van der Waals surface area contributed by atoms with E-state index in [2.05, 4.69) is 14.8 Å². The highest BCUT2D eigenvalue weighted by atomic mass is 16.5. The van der Waals surface area contributed by atoms with E-state index >= 15 is 0 Å². The third kappa shape index (κ3) is 4.44. The van der Waals surface area contributed by atoms with E-state index < -0.39 is 18.1 Å². The van der Waals surface area contributed by atoms with Crippen LogP contribution >= 0.6 is 0 Å². The minimum Gasteiger partial charge on any atom is -0.467 e. The molecule has 0 aromatic heterocycles. The van der Waals surface area contributed by atoms with Crippen LogP contribution in [0.15, 0.2) is 0 Å². The fraction of sp³-hybridized carbons (Fsp3) is 0.625. The first-order valence-electron chi connectivity index (χ1n) is 3.93. The molecule has 0 fully saturated rings. The lowest BCUT2D eigenvalue weighted by molar-refractivity contribution is -0.144. The molecule has 0 heterocycles. The Morgan fingerprint density at radius 1 is 1.21 bits per heavy atom. The van der Waals surface area contributed by atoms with Crippen molar-refractivity contribution in [2.45, 2.75) is 19.4 Å². The molecule has 0 aromatic rings. The number of alkyl carbamates (subject to hydrolysis) is 1. The smallest absolute Gasteiger partial charge is 0.407 e. The molecular weight excluding hydrogens is 190 g/mol. The molecule has 6 heteroatoms. The molecule has 0 saturated carbocycles. The van der Waals surface area contributed by atoms with Crippen molar-refractivity contribution in [1.82, 2.24) is 5.32 Å². The van der Waals surface area contributed by atoms with E-state index in [0.29, 0.717) is 0 Å². The first kappa shape index (κ1) is 12.4. The van der Waals surface area contributed by atoms with Crippen LogP contribution in [0.4, 0.5) is 4.79 Å². The number of ether oxygens (including phenoxy) is 2. The van der Waals surface area contributed by atoms with Gasteiger partial charge in [-0.3, -0.25) is 4.79 Å². The summed E-state index contributed by atoms with van der Waals surface area (Å²) in [4.78, 5) is 32.6. The lowest BCUT2D eigenvalue weighted by Crippen LogP contribution is -2.42. The highest BCUT2D eigenvalue weighted by molar-refractivity contribution is 5.87. The molecule has 0 aliphatic carbocycles. The number of hydrogen-bond donors (Lipinski definition) is 1. The third-order valence-electron chi connectivity index (χ3n) is 1.45. The number of carbonyl (C=O) groups is 3.